The highest BCUT2D eigenvalue weighted by Crippen LogP contribution is 2.20. The molecule has 0 amide bonds. The van der Waals surface area contributed by atoms with E-state index < -0.39 is 0 Å². The molecule has 0 fully saturated rings. The van der Waals surface area contributed by atoms with Crippen LogP contribution in [-0.2, 0) is 23.0 Å². The van der Waals surface area contributed by atoms with Crippen molar-refractivity contribution in [3.63, 3.8) is 0 Å². The van der Waals surface area contributed by atoms with Crippen LogP contribution in [0, 0.1) is 12.8 Å². The van der Waals surface area contributed by atoms with Gasteiger partial charge in [0.2, 0.25) is 0 Å². The molecule has 5 heteroatoms. The summed E-state index contributed by atoms with van der Waals surface area (Å²) in [6.07, 6.45) is 0.846. The van der Waals surface area contributed by atoms with Crippen LogP contribution in [0.2, 0.25) is 5.02 Å². The molecule has 1 aromatic heterocycles. The van der Waals surface area contributed by atoms with E-state index in [4.69, 9.17) is 16.3 Å². The number of ketones is 1. The molecule has 0 saturated heterocycles. The van der Waals surface area contributed by atoms with Gasteiger partial charge in [0.05, 0.1) is 16.4 Å². The van der Waals surface area contributed by atoms with Crippen LogP contribution in [-0.4, -0.2) is 29.3 Å². The predicted molar refractivity (Wildman–Crippen MR) is 67.3 cm³/mol. The molecule has 1 aromatic rings. The van der Waals surface area contributed by atoms with Crippen LogP contribution >= 0.6 is 11.6 Å². The van der Waals surface area contributed by atoms with Crippen LogP contribution in [0.3, 0.4) is 0 Å². The van der Waals surface area contributed by atoms with Crippen molar-refractivity contribution in [1.29, 1.82) is 0 Å². The van der Waals surface area contributed by atoms with Gasteiger partial charge in [-0.3, -0.25) is 9.48 Å². The molecule has 0 spiro atoms. The first-order valence-electron chi connectivity index (χ1n) is 5.64. The van der Waals surface area contributed by atoms with Crippen molar-refractivity contribution >= 4 is 17.4 Å². The van der Waals surface area contributed by atoms with Gasteiger partial charge in [0.25, 0.3) is 0 Å². The zero-order chi connectivity index (χ0) is 13.0. The maximum absolute atomic E-state index is 11.9. The molecule has 0 aliphatic heterocycles. The summed E-state index contributed by atoms with van der Waals surface area (Å²) in [5, 5.41) is 4.78. The van der Waals surface area contributed by atoms with Gasteiger partial charge in [-0.05, 0) is 12.8 Å². The van der Waals surface area contributed by atoms with E-state index in [1.165, 1.54) is 0 Å². The molecular weight excluding hydrogens is 240 g/mol. The Kier molecular flexibility index (Phi) is 5.15. The lowest BCUT2D eigenvalue weighted by Crippen LogP contribution is -2.14. The quantitative estimate of drug-likeness (QED) is 0.786. The first-order valence-corrected chi connectivity index (χ1v) is 6.02. The number of ether oxygens (including phenoxy) is 1. The molecule has 0 N–H and O–H groups in total. The van der Waals surface area contributed by atoms with Gasteiger partial charge in [0, 0.05) is 33.6 Å². The molecule has 0 saturated carbocycles. The number of nitrogens with zero attached hydrogens (tertiary/aromatic N) is 2. The fraction of sp³-hybridized carbons (Fsp3) is 0.667. The smallest absolute Gasteiger partial charge is 0.139 e. The highest BCUT2D eigenvalue weighted by Gasteiger charge is 2.16. The maximum atomic E-state index is 11.9. The molecule has 17 heavy (non-hydrogen) atoms. The number of aryl methyl sites for hydroxylation is 2. The molecule has 1 atom stereocenters. The predicted octanol–water partition coefficient (Wildman–Crippen LogP) is 2.17. The first-order chi connectivity index (χ1) is 7.95. The Morgan fingerprint density at radius 2 is 2.24 bits per heavy atom. The monoisotopic (exact) mass is 258 g/mol. The number of methoxy groups -OCH3 is 1. The lowest BCUT2D eigenvalue weighted by Gasteiger charge is -2.09. The second kappa shape index (κ2) is 6.17. The third-order valence-corrected chi connectivity index (χ3v) is 3.15. The third kappa shape index (κ3) is 3.82. The van der Waals surface area contributed by atoms with Crippen LogP contribution in [0.5, 0.6) is 0 Å². The average Bonchev–Trinajstić information content (AvgIpc) is 2.45. The molecular formula is C12H19ClN2O2. The number of carbonyl (C=O) groups is 1. The standard InChI is InChI=1S/C12H19ClN2O2/c1-8(7-17-4)5-10(16)6-11-12(13)9(2)14-15(11)3/h8H,5-7H2,1-4H3. The van der Waals surface area contributed by atoms with Crippen LogP contribution in [0.4, 0.5) is 0 Å². The van der Waals surface area contributed by atoms with Crippen LogP contribution in [0.25, 0.3) is 0 Å². The van der Waals surface area contributed by atoms with Crippen molar-refractivity contribution in [2.24, 2.45) is 13.0 Å². The van der Waals surface area contributed by atoms with Crippen LogP contribution in [0.1, 0.15) is 24.7 Å². The fourth-order valence-corrected chi connectivity index (χ4v) is 2.09. The minimum atomic E-state index is 0.166. The summed E-state index contributed by atoms with van der Waals surface area (Å²) in [5.41, 5.74) is 1.56. The van der Waals surface area contributed by atoms with Gasteiger partial charge in [-0.15, -0.1) is 0 Å². The maximum Gasteiger partial charge on any atom is 0.139 e. The van der Waals surface area contributed by atoms with Gasteiger partial charge in [-0.25, -0.2) is 0 Å². The molecule has 1 rings (SSSR count). The Hall–Kier alpha value is -0.870. The van der Waals surface area contributed by atoms with Gasteiger partial charge < -0.3 is 4.74 Å². The Morgan fingerprint density at radius 1 is 1.59 bits per heavy atom. The van der Waals surface area contributed by atoms with Crippen LogP contribution < -0.4 is 0 Å². The van der Waals surface area contributed by atoms with E-state index in [1.807, 2.05) is 13.8 Å². The zero-order valence-corrected chi connectivity index (χ0v) is 11.5. The Morgan fingerprint density at radius 3 is 2.71 bits per heavy atom. The third-order valence-electron chi connectivity index (χ3n) is 2.65. The summed E-state index contributed by atoms with van der Waals surface area (Å²) in [6, 6.07) is 0. The van der Waals surface area contributed by atoms with E-state index in [1.54, 1.807) is 18.8 Å². The number of hydrogen-bond acceptors (Lipinski definition) is 3. The molecule has 4 nitrogen and oxygen atoms in total. The highest BCUT2D eigenvalue weighted by atomic mass is 35.5. The lowest BCUT2D eigenvalue weighted by molar-refractivity contribution is -0.119. The topological polar surface area (TPSA) is 44.1 Å². The van der Waals surface area contributed by atoms with Crippen molar-refractivity contribution in [1.82, 2.24) is 9.78 Å². The number of hydrogen-bond donors (Lipinski definition) is 0. The van der Waals surface area contributed by atoms with Gasteiger partial charge >= 0.3 is 0 Å². The number of aromatic nitrogens is 2. The normalized spacial score (nSPS) is 12.8. The zero-order valence-electron chi connectivity index (χ0n) is 10.8. The van der Waals surface area contributed by atoms with Crippen molar-refractivity contribution in [2.45, 2.75) is 26.7 Å². The molecule has 0 aromatic carbocycles. The van der Waals surface area contributed by atoms with E-state index >= 15 is 0 Å². The second-order valence-corrected chi connectivity index (χ2v) is 4.83. The van der Waals surface area contributed by atoms with Crippen molar-refractivity contribution in [2.75, 3.05) is 13.7 Å². The Labute approximate surface area is 107 Å². The number of rotatable bonds is 6. The average molecular weight is 259 g/mol. The number of carbonyl (C=O) groups excluding carboxylic acids is 1. The van der Waals surface area contributed by atoms with E-state index in [2.05, 4.69) is 5.10 Å². The van der Waals surface area contributed by atoms with E-state index in [0.717, 1.165) is 11.4 Å². The summed E-state index contributed by atoms with van der Waals surface area (Å²) in [4.78, 5) is 11.9. The molecule has 0 radical (unpaired) electrons. The second-order valence-electron chi connectivity index (χ2n) is 4.45. The summed E-state index contributed by atoms with van der Waals surface area (Å²) >= 11 is 6.10. The molecule has 0 aliphatic carbocycles. The number of halogens is 1. The first kappa shape index (κ1) is 14.2. The van der Waals surface area contributed by atoms with Crippen molar-refractivity contribution in [3.05, 3.63) is 16.4 Å². The Balaban J connectivity index is 2.62. The Bertz CT molecular complexity index is 401. The van der Waals surface area contributed by atoms with Gasteiger partial charge in [0.1, 0.15) is 5.78 Å². The molecule has 96 valence electrons. The molecule has 0 bridgehead atoms. The SMILES string of the molecule is COCC(C)CC(=O)Cc1c(Cl)c(C)nn1C. The minimum Gasteiger partial charge on any atom is -0.384 e. The molecule has 1 unspecified atom stereocenters. The van der Waals surface area contributed by atoms with Gasteiger partial charge in [-0.2, -0.15) is 5.10 Å². The van der Waals surface area contributed by atoms with E-state index in [9.17, 15) is 4.79 Å². The fourth-order valence-electron chi connectivity index (χ4n) is 1.86. The van der Waals surface area contributed by atoms with Crippen molar-refractivity contribution in [3.8, 4) is 0 Å². The van der Waals surface area contributed by atoms with Gasteiger partial charge in [0.15, 0.2) is 0 Å². The van der Waals surface area contributed by atoms with Crippen LogP contribution in [0.15, 0.2) is 0 Å². The van der Waals surface area contributed by atoms with Gasteiger partial charge in [-0.1, -0.05) is 18.5 Å². The highest BCUT2D eigenvalue weighted by molar-refractivity contribution is 6.32. The summed E-state index contributed by atoms with van der Waals surface area (Å²) in [5.74, 6) is 0.403. The molecule has 0 aliphatic rings. The largest absolute Gasteiger partial charge is 0.384 e. The summed E-state index contributed by atoms with van der Waals surface area (Å²) < 4.78 is 6.69. The van der Waals surface area contributed by atoms with E-state index in [0.29, 0.717) is 24.5 Å². The minimum absolute atomic E-state index is 0.166. The van der Waals surface area contributed by atoms with E-state index in [-0.39, 0.29) is 11.7 Å². The summed E-state index contributed by atoms with van der Waals surface area (Å²) in [7, 11) is 3.45. The number of Topliss-reactive ketones (excluding diaryl/α,β-unsaturated/α-hetero) is 1. The summed E-state index contributed by atoms with van der Waals surface area (Å²) in [6.45, 7) is 4.44. The lowest BCUT2D eigenvalue weighted by atomic mass is 10.0. The molecule has 1 heterocycles. The van der Waals surface area contributed by atoms with Crippen molar-refractivity contribution < 1.29 is 9.53 Å².